The molecule has 1 aliphatic heterocycles. The van der Waals surface area contributed by atoms with Crippen LogP contribution < -0.4 is 16.4 Å². The van der Waals surface area contributed by atoms with Gasteiger partial charge in [0.15, 0.2) is 5.82 Å². The van der Waals surface area contributed by atoms with Crippen LogP contribution in [0.25, 0.3) is 0 Å². The van der Waals surface area contributed by atoms with E-state index in [2.05, 4.69) is 9.98 Å². The highest BCUT2D eigenvalue weighted by Gasteiger charge is 2.45. The predicted molar refractivity (Wildman–Crippen MR) is 97.6 cm³/mol. The van der Waals surface area contributed by atoms with Gasteiger partial charge in [0, 0.05) is 0 Å². The number of carboxylic acid groups (broad SMARTS) is 1. The lowest BCUT2D eigenvalue weighted by molar-refractivity contribution is 0.0697. The van der Waals surface area contributed by atoms with E-state index in [-0.39, 0.29) is 23.2 Å². The van der Waals surface area contributed by atoms with Crippen molar-refractivity contribution in [3.05, 3.63) is 27.1 Å². The first-order chi connectivity index (χ1) is 11.4. The maximum atomic E-state index is 14.9. The number of carboxylic acids is 1. The van der Waals surface area contributed by atoms with Crippen molar-refractivity contribution in [2.75, 3.05) is 4.90 Å². The molecule has 1 aliphatic carbocycles. The Bertz CT molecular complexity index is 758. The monoisotopic (exact) mass is 445 g/mol. The van der Waals surface area contributed by atoms with Crippen LogP contribution in [-0.4, -0.2) is 28.7 Å². The van der Waals surface area contributed by atoms with Crippen molar-refractivity contribution < 1.29 is 14.3 Å². The molecule has 2 aliphatic rings. The molecule has 0 atom stereocenters. The van der Waals surface area contributed by atoms with Gasteiger partial charge < -0.3 is 16.6 Å². The number of guanidine groups is 2. The number of hydrogen-bond acceptors (Lipinski definition) is 6. The van der Waals surface area contributed by atoms with E-state index in [1.165, 1.54) is 17.0 Å². The molecule has 0 unspecified atom stereocenters. The first-order valence-corrected chi connectivity index (χ1v) is 8.64. The molecule has 0 amide bonds. The number of aliphatic imine (C=N–C) groups is 2. The van der Waals surface area contributed by atoms with Gasteiger partial charge in [0.2, 0.25) is 11.9 Å². The van der Waals surface area contributed by atoms with E-state index in [4.69, 9.17) is 11.5 Å². The van der Waals surface area contributed by atoms with Crippen molar-refractivity contribution in [1.82, 2.24) is 0 Å². The van der Waals surface area contributed by atoms with Crippen LogP contribution in [0.4, 0.5) is 10.1 Å². The molecule has 9 heteroatoms. The zero-order valence-electron chi connectivity index (χ0n) is 12.8. The largest absolute Gasteiger partial charge is 0.478 e. The maximum absolute atomic E-state index is 14.9. The van der Waals surface area contributed by atoms with E-state index < -0.39 is 17.4 Å². The quantitative estimate of drug-likeness (QED) is 0.604. The summed E-state index contributed by atoms with van der Waals surface area (Å²) in [7, 11) is 0. The van der Waals surface area contributed by atoms with Crippen LogP contribution in [0.5, 0.6) is 0 Å². The summed E-state index contributed by atoms with van der Waals surface area (Å²) in [6.07, 6.45) is 3.98. The molecule has 7 nitrogen and oxygen atoms in total. The predicted octanol–water partition coefficient (Wildman–Crippen LogP) is 2.24. The number of rotatable bonds is 2. The average molecular weight is 445 g/mol. The van der Waals surface area contributed by atoms with Gasteiger partial charge >= 0.3 is 5.97 Å². The van der Waals surface area contributed by atoms with Gasteiger partial charge in [-0.15, -0.1) is 0 Å². The van der Waals surface area contributed by atoms with Gasteiger partial charge in [0.05, 0.1) is 14.8 Å². The Morgan fingerprint density at radius 3 is 2.58 bits per heavy atom. The second-order valence-electron chi connectivity index (χ2n) is 5.88. The number of hydrogen-bond donors (Lipinski definition) is 3. The fourth-order valence-corrected chi connectivity index (χ4v) is 3.81. The number of anilines is 1. The zero-order chi connectivity index (χ0) is 17.5. The van der Waals surface area contributed by atoms with Gasteiger partial charge in [-0.1, -0.05) is 6.42 Å². The van der Waals surface area contributed by atoms with Gasteiger partial charge in [0.25, 0.3) is 0 Å². The van der Waals surface area contributed by atoms with Crippen LogP contribution in [0.3, 0.4) is 0 Å². The summed E-state index contributed by atoms with van der Waals surface area (Å²) in [6.45, 7) is 0. The number of nitrogens with two attached hydrogens (primary N) is 2. The van der Waals surface area contributed by atoms with Crippen molar-refractivity contribution in [2.24, 2.45) is 21.5 Å². The smallest absolute Gasteiger partial charge is 0.337 e. The highest BCUT2D eigenvalue weighted by Crippen LogP contribution is 2.42. The third kappa shape index (κ3) is 2.70. The summed E-state index contributed by atoms with van der Waals surface area (Å²) in [5, 5.41) is 9.50. The maximum Gasteiger partial charge on any atom is 0.337 e. The Morgan fingerprint density at radius 1 is 1.29 bits per heavy atom. The molecule has 5 N–H and O–H groups in total. The summed E-state index contributed by atoms with van der Waals surface area (Å²) in [6, 6.07) is 2.79. The molecule has 0 radical (unpaired) electrons. The molecule has 128 valence electrons. The van der Waals surface area contributed by atoms with E-state index in [0.717, 1.165) is 19.3 Å². The molecule has 1 fully saturated rings. The average Bonchev–Trinajstić information content (AvgIpc) is 2.51. The van der Waals surface area contributed by atoms with E-state index >= 15 is 0 Å². The fourth-order valence-electron chi connectivity index (χ4n) is 3.38. The lowest BCUT2D eigenvalue weighted by Crippen LogP contribution is -2.59. The van der Waals surface area contributed by atoms with Crippen LogP contribution in [0, 0.1) is 9.39 Å². The first-order valence-electron chi connectivity index (χ1n) is 7.57. The minimum atomic E-state index is -1.23. The summed E-state index contributed by atoms with van der Waals surface area (Å²) >= 11 is 1.82. The van der Waals surface area contributed by atoms with Crippen LogP contribution in [0.1, 0.15) is 42.5 Å². The summed E-state index contributed by atoms with van der Waals surface area (Å²) in [5.41, 5.74) is 10.7. The molecule has 1 heterocycles. The van der Waals surface area contributed by atoms with Crippen molar-refractivity contribution in [3.63, 3.8) is 0 Å². The molecule has 1 spiro atoms. The molecular weight excluding hydrogens is 428 g/mol. The van der Waals surface area contributed by atoms with Crippen LogP contribution in [-0.2, 0) is 0 Å². The molecule has 24 heavy (non-hydrogen) atoms. The Kier molecular flexibility index (Phi) is 4.37. The molecule has 0 bridgehead atoms. The summed E-state index contributed by atoms with van der Waals surface area (Å²) in [4.78, 5) is 21.4. The second-order valence-corrected chi connectivity index (χ2v) is 7.04. The van der Waals surface area contributed by atoms with Crippen LogP contribution >= 0.6 is 22.6 Å². The SMILES string of the molecule is NC1=NC2(CCCCC2)N(c2c(C(=O)O)ccc(I)c2F)C(N)=N1. The normalized spacial score (nSPS) is 19.8. The van der Waals surface area contributed by atoms with E-state index in [1.807, 2.05) is 22.6 Å². The number of benzene rings is 1. The summed E-state index contributed by atoms with van der Waals surface area (Å²) in [5.74, 6) is -1.88. The van der Waals surface area contributed by atoms with E-state index in [1.54, 1.807) is 0 Å². The Morgan fingerprint density at radius 2 is 1.96 bits per heavy atom. The van der Waals surface area contributed by atoms with Gasteiger partial charge in [-0.3, -0.25) is 4.90 Å². The molecule has 1 aromatic rings. The number of halogens is 2. The molecule has 1 aromatic carbocycles. The van der Waals surface area contributed by atoms with E-state index in [9.17, 15) is 14.3 Å². The summed E-state index contributed by atoms with van der Waals surface area (Å²) < 4.78 is 15.2. The van der Waals surface area contributed by atoms with Gasteiger partial charge in [0.1, 0.15) is 5.66 Å². The fraction of sp³-hybridized carbons (Fsp3) is 0.400. The molecule has 0 aromatic heterocycles. The standard InChI is InChI=1S/C15H17FIN5O2/c16-10-9(17)5-4-8(12(23)24)11(10)22-14(19)20-13(18)21-15(22)6-2-1-3-7-15/h4-5H,1-3,6-7H2,(H,23,24)(H4,18,19,20,21). The Balaban J connectivity index is 2.25. The van der Waals surface area contributed by atoms with Crippen LogP contribution in [0.2, 0.25) is 0 Å². The molecule has 3 rings (SSSR count). The lowest BCUT2D eigenvalue weighted by Gasteiger charge is -2.46. The topological polar surface area (TPSA) is 117 Å². The van der Waals surface area contributed by atoms with Gasteiger partial charge in [-0.05, 0) is 60.4 Å². The Labute approximate surface area is 151 Å². The zero-order valence-corrected chi connectivity index (χ0v) is 15.0. The van der Waals surface area contributed by atoms with E-state index in [0.29, 0.717) is 16.4 Å². The van der Waals surface area contributed by atoms with Crippen molar-refractivity contribution in [2.45, 2.75) is 37.8 Å². The number of nitrogens with zero attached hydrogens (tertiary/aromatic N) is 3. The van der Waals surface area contributed by atoms with Gasteiger partial charge in [-0.25, -0.2) is 14.2 Å². The van der Waals surface area contributed by atoms with Crippen molar-refractivity contribution >= 4 is 46.2 Å². The highest BCUT2D eigenvalue weighted by molar-refractivity contribution is 14.1. The molecule has 1 saturated carbocycles. The minimum absolute atomic E-state index is 0.0344. The highest BCUT2D eigenvalue weighted by atomic mass is 127. The van der Waals surface area contributed by atoms with Gasteiger partial charge in [-0.2, -0.15) is 4.99 Å². The lowest BCUT2D eigenvalue weighted by atomic mass is 9.87. The molecular formula is C15H17FIN5O2. The molecule has 0 saturated heterocycles. The van der Waals surface area contributed by atoms with Crippen LogP contribution in [0.15, 0.2) is 22.1 Å². The van der Waals surface area contributed by atoms with Crippen molar-refractivity contribution in [3.8, 4) is 0 Å². The first kappa shape index (κ1) is 16.9. The van der Waals surface area contributed by atoms with Crippen molar-refractivity contribution in [1.29, 1.82) is 0 Å². The Hall–Kier alpha value is -1.91. The number of aromatic carboxylic acids is 1. The third-order valence-electron chi connectivity index (χ3n) is 4.37. The second kappa shape index (κ2) is 6.19. The number of carbonyl (C=O) groups is 1. The minimum Gasteiger partial charge on any atom is -0.478 e. The third-order valence-corrected chi connectivity index (χ3v) is 5.21.